The molecule has 2 heterocycles. The fourth-order valence-electron chi connectivity index (χ4n) is 2.25. The third kappa shape index (κ3) is 1.57. The molecule has 3 nitrogen and oxygen atoms in total. The van der Waals surface area contributed by atoms with Crippen molar-refractivity contribution in [3.63, 3.8) is 0 Å². The lowest BCUT2D eigenvalue weighted by molar-refractivity contribution is 0.0948. The summed E-state index contributed by atoms with van der Waals surface area (Å²) in [4.78, 5) is 2.57. The summed E-state index contributed by atoms with van der Waals surface area (Å²) in [6.45, 7) is 8.91. The van der Waals surface area contributed by atoms with Crippen molar-refractivity contribution < 1.29 is 0 Å². The van der Waals surface area contributed by atoms with Gasteiger partial charge in [-0.3, -0.25) is 9.58 Å². The van der Waals surface area contributed by atoms with Crippen molar-refractivity contribution in [3.8, 4) is 0 Å². The summed E-state index contributed by atoms with van der Waals surface area (Å²) in [6.07, 6.45) is 3.11. The Kier molecular flexibility index (Phi) is 2.59. The zero-order valence-corrected chi connectivity index (χ0v) is 9.27. The molecule has 0 saturated heterocycles. The van der Waals surface area contributed by atoms with Gasteiger partial charge in [0.2, 0.25) is 0 Å². The molecule has 1 unspecified atom stereocenters. The lowest BCUT2D eigenvalue weighted by Crippen LogP contribution is -2.46. The number of rotatable bonds is 2. The second-order valence-electron chi connectivity index (χ2n) is 4.33. The van der Waals surface area contributed by atoms with Gasteiger partial charge in [-0.2, -0.15) is 5.10 Å². The molecule has 0 radical (unpaired) electrons. The molecule has 0 saturated carbocycles. The number of hydrogen-bond donors (Lipinski definition) is 0. The first-order valence-corrected chi connectivity index (χ1v) is 5.48. The van der Waals surface area contributed by atoms with Crippen LogP contribution in [-0.4, -0.2) is 26.8 Å². The van der Waals surface area contributed by atoms with E-state index in [-0.39, 0.29) is 0 Å². The minimum atomic E-state index is 0.628. The maximum absolute atomic E-state index is 4.34. The molecule has 0 aliphatic carbocycles. The molecule has 0 N–H and O–H groups in total. The number of fused-ring (bicyclic) bond motifs is 1. The Hall–Kier alpha value is -0.830. The number of aromatic nitrogens is 2. The quantitative estimate of drug-likeness (QED) is 0.715. The van der Waals surface area contributed by atoms with Crippen LogP contribution in [0.4, 0.5) is 0 Å². The average molecular weight is 193 g/mol. The Morgan fingerprint density at radius 2 is 2.36 bits per heavy atom. The molecular weight excluding hydrogens is 174 g/mol. The van der Waals surface area contributed by atoms with Gasteiger partial charge in [0.05, 0.1) is 12.2 Å². The van der Waals surface area contributed by atoms with Crippen LogP contribution in [0.3, 0.4) is 0 Å². The third-order valence-electron chi connectivity index (χ3n) is 3.14. The summed E-state index contributed by atoms with van der Waals surface area (Å²) in [5.41, 5.74) is 1.35. The summed E-state index contributed by atoms with van der Waals surface area (Å²) in [5, 5.41) is 4.34. The molecule has 1 aromatic rings. The van der Waals surface area contributed by atoms with Gasteiger partial charge in [0, 0.05) is 24.8 Å². The maximum Gasteiger partial charge on any atom is 0.0568 e. The first kappa shape index (κ1) is 9.71. The van der Waals surface area contributed by atoms with Crippen molar-refractivity contribution in [1.29, 1.82) is 0 Å². The van der Waals surface area contributed by atoms with Crippen LogP contribution in [0.5, 0.6) is 0 Å². The lowest BCUT2D eigenvalue weighted by atomic mass is 10.1. The minimum Gasteiger partial charge on any atom is -0.290 e. The van der Waals surface area contributed by atoms with Gasteiger partial charge in [0.25, 0.3) is 0 Å². The Morgan fingerprint density at radius 1 is 1.57 bits per heavy atom. The molecule has 0 aromatic carbocycles. The van der Waals surface area contributed by atoms with Crippen LogP contribution in [-0.2, 0) is 13.1 Å². The Morgan fingerprint density at radius 3 is 3.00 bits per heavy atom. The van der Waals surface area contributed by atoms with Crippen LogP contribution < -0.4 is 0 Å². The molecule has 1 atom stereocenters. The van der Waals surface area contributed by atoms with Gasteiger partial charge in [0.15, 0.2) is 0 Å². The van der Waals surface area contributed by atoms with Gasteiger partial charge < -0.3 is 0 Å². The normalized spacial score (nSPS) is 22.7. The Labute approximate surface area is 85.7 Å². The van der Waals surface area contributed by atoms with Crippen LogP contribution in [0.2, 0.25) is 0 Å². The highest BCUT2D eigenvalue weighted by Crippen LogP contribution is 2.20. The van der Waals surface area contributed by atoms with Crippen molar-refractivity contribution in [2.75, 3.05) is 0 Å². The standard InChI is InChI=1S/C11H19N3/c1-4-10-8-14-11(5-6-12-14)7-13(10)9(2)3/h5-6,9-10H,4,7-8H2,1-3H3. The van der Waals surface area contributed by atoms with Crippen molar-refractivity contribution in [1.82, 2.24) is 14.7 Å². The van der Waals surface area contributed by atoms with E-state index >= 15 is 0 Å². The van der Waals surface area contributed by atoms with Gasteiger partial charge in [-0.15, -0.1) is 0 Å². The Balaban J connectivity index is 2.22. The molecule has 0 bridgehead atoms. The van der Waals surface area contributed by atoms with E-state index in [9.17, 15) is 0 Å². The van der Waals surface area contributed by atoms with E-state index in [1.165, 1.54) is 12.1 Å². The van der Waals surface area contributed by atoms with E-state index in [1.807, 2.05) is 6.20 Å². The number of nitrogens with zero attached hydrogens (tertiary/aromatic N) is 3. The second-order valence-corrected chi connectivity index (χ2v) is 4.33. The van der Waals surface area contributed by atoms with Gasteiger partial charge in [-0.05, 0) is 26.3 Å². The third-order valence-corrected chi connectivity index (χ3v) is 3.14. The summed E-state index contributed by atoms with van der Waals surface area (Å²) in [5.74, 6) is 0. The Bertz CT molecular complexity index is 303. The minimum absolute atomic E-state index is 0.628. The maximum atomic E-state index is 4.34. The highest BCUT2D eigenvalue weighted by molar-refractivity contribution is 5.04. The van der Waals surface area contributed by atoms with Gasteiger partial charge in [-0.25, -0.2) is 0 Å². The number of hydrogen-bond acceptors (Lipinski definition) is 2. The molecule has 2 rings (SSSR count). The van der Waals surface area contributed by atoms with E-state index in [0.29, 0.717) is 12.1 Å². The predicted molar refractivity (Wildman–Crippen MR) is 57.0 cm³/mol. The van der Waals surface area contributed by atoms with Crippen molar-refractivity contribution >= 4 is 0 Å². The van der Waals surface area contributed by atoms with Crippen LogP contribution in [0.25, 0.3) is 0 Å². The molecule has 0 spiro atoms. The van der Waals surface area contributed by atoms with E-state index in [0.717, 1.165) is 13.1 Å². The highest BCUT2D eigenvalue weighted by atomic mass is 15.3. The summed E-state index contributed by atoms with van der Waals surface area (Å²) >= 11 is 0. The van der Waals surface area contributed by atoms with Crippen LogP contribution in [0, 0.1) is 0 Å². The van der Waals surface area contributed by atoms with E-state index < -0.39 is 0 Å². The lowest BCUT2D eigenvalue weighted by Gasteiger charge is -2.38. The summed E-state index contributed by atoms with van der Waals surface area (Å²) in [6, 6.07) is 3.41. The predicted octanol–water partition coefficient (Wildman–Crippen LogP) is 1.89. The first-order valence-electron chi connectivity index (χ1n) is 5.48. The molecule has 3 heteroatoms. The van der Waals surface area contributed by atoms with Gasteiger partial charge in [0.1, 0.15) is 0 Å². The molecule has 0 fully saturated rings. The summed E-state index contributed by atoms with van der Waals surface area (Å²) < 4.78 is 2.15. The largest absolute Gasteiger partial charge is 0.290 e. The molecular formula is C11H19N3. The zero-order valence-electron chi connectivity index (χ0n) is 9.27. The van der Waals surface area contributed by atoms with E-state index in [4.69, 9.17) is 0 Å². The second kappa shape index (κ2) is 3.73. The molecule has 1 aliphatic rings. The van der Waals surface area contributed by atoms with Crippen molar-refractivity contribution in [2.45, 2.75) is 52.4 Å². The monoisotopic (exact) mass is 193 g/mol. The molecule has 14 heavy (non-hydrogen) atoms. The molecule has 1 aliphatic heterocycles. The van der Waals surface area contributed by atoms with E-state index in [1.54, 1.807) is 0 Å². The first-order chi connectivity index (χ1) is 6.72. The van der Waals surface area contributed by atoms with Crippen molar-refractivity contribution in [3.05, 3.63) is 18.0 Å². The van der Waals surface area contributed by atoms with Crippen LogP contribution in [0.15, 0.2) is 12.3 Å². The fourth-order valence-corrected chi connectivity index (χ4v) is 2.25. The average Bonchev–Trinajstić information content (AvgIpc) is 2.62. The molecule has 1 aromatic heterocycles. The van der Waals surface area contributed by atoms with Crippen LogP contribution >= 0.6 is 0 Å². The molecule has 78 valence electrons. The summed E-state index contributed by atoms with van der Waals surface area (Å²) in [7, 11) is 0. The highest BCUT2D eigenvalue weighted by Gasteiger charge is 2.26. The fraction of sp³-hybridized carbons (Fsp3) is 0.727. The van der Waals surface area contributed by atoms with E-state index in [2.05, 4.69) is 41.5 Å². The van der Waals surface area contributed by atoms with Gasteiger partial charge in [-0.1, -0.05) is 6.92 Å². The smallest absolute Gasteiger partial charge is 0.0568 e. The topological polar surface area (TPSA) is 21.1 Å². The van der Waals surface area contributed by atoms with Gasteiger partial charge >= 0.3 is 0 Å². The van der Waals surface area contributed by atoms with Crippen molar-refractivity contribution in [2.24, 2.45) is 0 Å². The molecule has 0 amide bonds. The SMILES string of the molecule is CCC1Cn2nccc2CN1C(C)C. The van der Waals surface area contributed by atoms with Crippen LogP contribution in [0.1, 0.15) is 32.9 Å². The zero-order chi connectivity index (χ0) is 10.1.